The number of halogens is 1. The minimum absolute atomic E-state index is 0. The van der Waals surface area contributed by atoms with Gasteiger partial charge in [0.25, 0.3) is 0 Å². The summed E-state index contributed by atoms with van der Waals surface area (Å²) in [6.07, 6.45) is 2.47. The van der Waals surface area contributed by atoms with E-state index in [0.717, 1.165) is 26.3 Å². The number of ether oxygens (including phenoxy) is 1. The van der Waals surface area contributed by atoms with Crippen LogP contribution in [0.4, 0.5) is 0 Å². The van der Waals surface area contributed by atoms with Crippen LogP contribution in [0.15, 0.2) is 52.3 Å². The molecule has 0 aliphatic carbocycles. The van der Waals surface area contributed by atoms with Gasteiger partial charge in [0, 0.05) is 28.8 Å². The molecule has 0 aromatic heterocycles. The standard InChI is InChI=1S/C21H25NOS.ClH/c1-16-8-9-21-19(15-16)17(18-5-2-3-7-20(18)24-21)6-4-10-22-11-13-23-14-12-22;/h2-3,5,7-9,15,17H,4,6,10-14H2,1H3;1H. The highest BCUT2D eigenvalue weighted by Gasteiger charge is 2.26. The van der Waals surface area contributed by atoms with E-state index < -0.39 is 0 Å². The molecule has 2 aromatic rings. The number of aryl methyl sites for hydroxylation is 1. The number of benzene rings is 2. The van der Waals surface area contributed by atoms with Crippen molar-refractivity contribution in [3.63, 3.8) is 0 Å². The van der Waals surface area contributed by atoms with Gasteiger partial charge in [-0.1, -0.05) is 47.7 Å². The molecule has 0 N–H and O–H groups in total. The lowest BCUT2D eigenvalue weighted by Gasteiger charge is -2.30. The Morgan fingerprint density at radius 2 is 1.80 bits per heavy atom. The second-order valence-electron chi connectivity index (χ2n) is 6.83. The van der Waals surface area contributed by atoms with E-state index in [4.69, 9.17) is 4.74 Å². The Bertz CT molecular complexity index is 715. The molecular weight excluding hydrogens is 350 g/mol. The van der Waals surface area contributed by atoms with Gasteiger partial charge < -0.3 is 4.74 Å². The molecule has 2 aliphatic heterocycles. The summed E-state index contributed by atoms with van der Waals surface area (Å²) < 4.78 is 5.46. The van der Waals surface area contributed by atoms with E-state index in [9.17, 15) is 0 Å². The zero-order valence-electron chi connectivity index (χ0n) is 14.7. The third-order valence-electron chi connectivity index (χ3n) is 5.13. The first-order valence-corrected chi connectivity index (χ1v) is 9.80. The van der Waals surface area contributed by atoms with E-state index >= 15 is 0 Å². The summed E-state index contributed by atoms with van der Waals surface area (Å²) in [6, 6.07) is 15.9. The lowest BCUT2D eigenvalue weighted by molar-refractivity contribution is 0.0370. The van der Waals surface area contributed by atoms with Crippen LogP contribution in [0.3, 0.4) is 0 Å². The van der Waals surface area contributed by atoms with Crippen LogP contribution in [0.25, 0.3) is 0 Å². The largest absolute Gasteiger partial charge is 0.379 e. The van der Waals surface area contributed by atoms with Crippen molar-refractivity contribution in [2.45, 2.75) is 35.5 Å². The smallest absolute Gasteiger partial charge is 0.0594 e. The van der Waals surface area contributed by atoms with Gasteiger partial charge >= 0.3 is 0 Å². The molecule has 2 aliphatic rings. The van der Waals surface area contributed by atoms with Gasteiger partial charge in [-0.15, -0.1) is 12.4 Å². The second-order valence-corrected chi connectivity index (χ2v) is 7.91. The lowest BCUT2D eigenvalue weighted by Crippen LogP contribution is -2.36. The zero-order valence-corrected chi connectivity index (χ0v) is 16.4. The summed E-state index contributed by atoms with van der Waals surface area (Å²) in [4.78, 5) is 5.42. The van der Waals surface area contributed by atoms with Crippen LogP contribution in [0, 0.1) is 6.92 Å². The molecule has 2 aromatic carbocycles. The van der Waals surface area contributed by atoms with E-state index in [1.807, 2.05) is 11.8 Å². The van der Waals surface area contributed by atoms with Gasteiger partial charge in [0.15, 0.2) is 0 Å². The fourth-order valence-electron chi connectivity index (χ4n) is 3.84. The van der Waals surface area contributed by atoms with Gasteiger partial charge in [0.2, 0.25) is 0 Å². The molecule has 0 spiro atoms. The first-order chi connectivity index (χ1) is 11.8. The highest BCUT2D eigenvalue weighted by atomic mass is 35.5. The Hall–Kier alpha value is -1.000. The van der Waals surface area contributed by atoms with Crippen LogP contribution in [0.5, 0.6) is 0 Å². The van der Waals surface area contributed by atoms with Crippen molar-refractivity contribution in [1.82, 2.24) is 4.90 Å². The van der Waals surface area contributed by atoms with Gasteiger partial charge in [-0.3, -0.25) is 4.90 Å². The quantitative estimate of drug-likeness (QED) is 0.735. The van der Waals surface area contributed by atoms with Crippen molar-refractivity contribution in [2.75, 3.05) is 32.8 Å². The Balaban J connectivity index is 0.00000182. The summed E-state index contributed by atoms with van der Waals surface area (Å²) in [6.45, 7) is 7.36. The molecule has 0 radical (unpaired) electrons. The van der Waals surface area contributed by atoms with Crippen molar-refractivity contribution in [3.8, 4) is 0 Å². The SMILES string of the molecule is Cc1ccc2c(c1)C(CCCN1CCOCC1)c1ccccc1S2.Cl. The Kier molecular flexibility index (Phi) is 6.45. The van der Waals surface area contributed by atoms with Crippen molar-refractivity contribution in [1.29, 1.82) is 0 Å². The fraction of sp³-hybridized carbons (Fsp3) is 0.429. The third-order valence-corrected chi connectivity index (χ3v) is 6.31. The average molecular weight is 376 g/mol. The summed E-state index contributed by atoms with van der Waals surface area (Å²) >= 11 is 1.93. The topological polar surface area (TPSA) is 12.5 Å². The van der Waals surface area contributed by atoms with E-state index in [2.05, 4.69) is 54.3 Å². The molecule has 1 fully saturated rings. The van der Waals surface area contributed by atoms with Crippen LogP contribution >= 0.6 is 24.2 Å². The van der Waals surface area contributed by atoms with Gasteiger partial charge in [-0.25, -0.2) is 0 Å². The molecule has 4 rings (SSSR count). The highest BCUT2D eigenvalue weighted by molar-refractivity contribution is 7.99. The maximum absolute atomic E-state index is 5.46. The number of rotatable bonds is 4. The molecule has 2 nitrogen and oxygen atoms in total. The number of fused-ring (bicyclic) bond motifs is 2. The molecule has 4 heteroatoms. The van der Waals surface area contributed by atoms with Crippen LogP contribution in [0.1, 0.15) is 35.4 Å². The minimum atomic E-state index is 0. The van der Waals surface area contributed by atoms with E-state index in [0.29, 0.717) is 5.92 Å². The summed E-state index contributed by atoms with van der Waals surface area (Å²) in [7, 11) is 0. The normalized spacial score (nSPS) is 19.6. The molecule has 1 unspecified atom stereocenters. The molecule has 25 heavy (non-hydrogen) atoms. The molecule has 0 saturated carbocycles. The third kappa shape index (κ3) is 4.22. The van der Waals surface area contributed by atoms with Crippen molar-refractivity contribution in [2.24, 2.45) is 0 Å². The number of morpholine rings is 1. The Morgan fingerprint density at radius 1 is 1.04 bits per heavy atom. The highest BCUT2D eigenvalue weighted by Crippen LogP contribution is 2.47. The van der Waals surface area contributed by atoms with Crippen LogP contribution in [0.2, 0.25) is 0 Å². The predicted molar refractivity (Wildman–Crippen MR) is 107 cm³/mol. The van der Waals surface area contributed by atoms with Gasteiger partial charge in [0.1, 0.15) is 0 Å². The van der Waals surface area contributed by atoms with Crippen molar-refractivity contribution < 1.29 is 4.74 Å². The predicted octanol–water partition coefficient (Wildman–Crippen LogP) is 5.13. The number of nitrogens with zero attached hydrogens (tertiary/aromatic N) is 1. The Labute approximate surface area is 161 Å². The first-order valence-electron chi connectivity index (χ1n) is 8.99. The van der Waals surface area contributed by atoms with Crippen LogP contribution in [-0.2, 0) is 4.74 Å². The van der Waals surface area contributed by atoms with Gasteiger partial charge in [-0.05, 0) is 49.6 Å². The van der Waals surface area contributed by atoms with E-state index in [1.54, 1.807) is 0 Å². The molecule has 1 saturated heterocycles. The first kappa shape index (κ1) is 18.8. The lowest BCUT2D eigenvalue weighted by atomic mass is 9.86. The average Bonchev–Trinajstić information content (AvgIpc) is 2.62. The molecule has 134 valence electrons. The van der Waals surface area contributed by atoms with Crippen LogP contribution < -0.4 is 0 Å². The molecular formula is C21H26ClNOS. The summed E-state index contributed by atoms with van der Waals surface area (Å²) in [5, 5.41) is 0. The van der Waals surface area contributed by atoms with E-state index in [1.165, 1.54) is 45.9 Å². The number of hydrogen-bond acceptors (Lipinski definition) is 3. The second kappa shape index (κ2) is 8.59. The fourth-order valence-corrected chi connectivity index (χ4v) is 5.00. The summed E-state index contributed by atoms with van der Waals surface area (Å²) in [5.74, 6) is 0.540. The zero-order chi connectivity index (χ0) is 16.4. The molecule has 0 amide bonds. The molecule has 1 atom stereocenters. The number of hydrogen-bond donors (Lipinski definition) is 0. The Morgan fingerprint density at radius 3 is 2.64 bits per heavy atom. The summed E-state index contributed by atoms with van der Waals surface area (Å²) in [5.41, 5.74) is 4.41. The molecule has 2 heterocycles. The van der Waals surface area contributed by atoms with Gasteiger partial charge in [0.05, 0.1) is 13.2 Å². The van der Waals surface area contributed by atoms with Gasteiger partial charge in [-0.2, -0.15) is 0 Å². The van der Waals surface area contributed by atoms with Crippen molar-refractivity contribution >= 4 is 24.2 Å². The monoisotopic (exact) mass is 375 g/mol. The van der Waals surface area contributed by atoms with Crippen molar-refractivity contribution in [3.05, 3.63) is 59.2 Å². The van der Waals surface area contributed by atoms with Crippen LogP contribution in [-0.4, -0.2) is 37.7 Å². The maximum atomic E-state index is 5.46. The molecule has 0 bridgehead atoms. The minimum Gasteiger partial charge on any atom is -0.379 e. The maximum Gasteiger partial charge on any atom is 0.0594 e. The van der Waals surface area contributed by atoms with E-state index in [-0.39, 0.29) is 12.4 Å².